The second-order valence-electron chi connectivity index (χ2n) is 6.74. The van der Waals surface area contributed by atoms with Crippen LogP contribution in [0.15, 0.2) is 57.9 Å². The predicted molar refractivity (Wildman–Crippen MR) is 116 cm³/mol. The molecule has 0 aliphatic carbocycles. The Hall–Kier alpha value is -3.91. The molecule has 0 aliphatic rings. The highest BCUT2D eigenvalue weighted by Crippen LogP contribution is 2.35. The van der Waals surface area contributed by atoms with Crippen LogP contribution >= 0.6 is 11.6 Å². The summed E-state index contributed by atoms with van der Waals surface area (Å²) < 4.78 is 11.2. The average molecular weight is 437 g/mol. The Morgan fingerprint density at radius 3 is 2.74 bits per heavy atom. The van der Waals surface area contributed by atoms with E-state index in [1.54, 1.807) is 18.2 Å². The number of nitro benzene ring substituents is 1. The molecule has 4 rings (SSSR count). The molecule has 0 amide bonds. The molecule has 0 radical (unpaired) electrons. The van der Waals surface area contributed by atoms with E-state index in [0.29, 0.717) is 28.5 Å². The summed E-state index contributed by atoms with van der Waals surface area (Å²) in [5.41, 5.74) is 2.88. The lowest BCUT2D eigenvalue weighted by atomic mass is 10.1. The molecule has 156 valence electrons. The fourth-order valence-electron chi connectivity index (χ4n) is 3.06. The average Bonchev–Trinajstić information content (AvgIpc) is 3.16. The SMILES string of the molecule is COc1ccc(-c2nc3cc(C)ccc3o2)cc1N=Cc1cc(Cl)cc([N+](=O)[O-])c1[O-]. The molecule has 0 bridgehead atoms. The van der Waals surface area contributed by atoms with E-state index in [2.05, 4.69) is 9.98 Å². The number of ether oxygens (including phenoxy) is 1. The third-order valence-electron chi connectivity index (χ3n) is 4.57. The Morgan fingerprint density at radius 1 is 1.19 bits per heavy atom. The molecule has 1 aromatic heterocycles. The van der Waals surface area contributed by atoms with Crippen molar-refractivity contribution in [3.63, 3.8) is 0 Å². The van der Waals surface area contributed by atoms with E-state index in [0.717, 1.165) is 17.1 Å². The van der Waals surface area contributed by atoms with Crippen LogP contribution in [0.1, 0.15) is 11.1 Å². The van der Waals surface area contributed by atoms with Gasteiger partial charge in [-0.1, -0.05) is 17.7 Å². The van der Waals surface area contributed by atoms with E-state index < -0.39 is 16.4 Å². The number of hydrogen-bond donors (Lipinski definition) is 0. The molecule has 9 heteroatoms. The number of methoxy groups -OCH3 is 1. The molecule has 0 aliphatic heterocycles. The lowest BCUT2D eigenvalue weighted by Gasteiger charge is -2.11. The van der Waals surface area contributed by atoms with E-state index in [-0.39, 0.29) is 10.6 Å². The van der Waals surface area contributed by atoms with Crippen LogP contribution in [0.2, 0.25) is 5.02 Å². The summed E-state index contributed by atoms with van der Waals surface area (Å²) in [5.74, 6) is 0.0705. The van der Waals surface area contributed by atoms with Crippen molar-refractivity contribution in [1.29, 1.82) is 0 Å². The van der Waals surface area contributed by atoms with Crippen molar-refractivity contribution in [2.24, 2.45) is 4.99 Å². The zero-order valence-corrected chi connectivity index (χ0v) is 17.2. The standard InChI is InChI=1S/C22H16ClN3O5/c1-12-3-5-20-17(7-12)25-22(31-20)13-4-6-19(30-2)16(9-13)24-11-14-8-15(23)10-18(21(14)27)26(28)29/h3-11,27H,1-2H3/p-1. The lowest BCUT2D eigenvalue weighted by Crippen LogP contribution is -2.02. The zero-order valence-electron chi connectivity index (χ0n) is 16.5. The molecule has 0 fully saturated rings. The molecular formula is C22H15ClN3O5-. The number of benzene rings is 3. The van der Waals surface area contributed by atoms with Gasteiger partial charge in [-0.3, -0.25) is 15.1 Å². The third kappa shape index (κ3) is 4.06. The molecule has 0 atom stereocenters. The van der Waals surface area contributed by atoms with Crippen LogP contribution in [0.5, 0.6) is 11.5 Å². The smallest absolute Gasteiger partial charge is 0.263 e. The number of aliphatic imine (C=N–C) groups is 1. The Kier molecular flexibility index (Phi) is 5.31. The number of hydrogen-bond acceptors (Lipinski definition) is 7. The Bertz CT molecular complexity index is 1350. The minimum Gasteiger partial charge on any atom is -0.867 e. The summed E-state index contributed by atoms with van der Waals surface area (Å²) in [6, 6.07) is 13.2. The number of halogens is 1. The number of rotatable bonds is 5. The fourth-order valence-corrected chi connectivity index (χ4v) is 3.28. The molecule has 8 nitrogen and oxygen atoms in total. The van der Waals surface area contributed by atoms with Crippen molar-refractivity contribution in [3.05, 3.63) is 74.8 Å². The molecule has 0 saturated carbocycles. The van der Waals surface area contributed by atoms with Crippen LogP contribution in [0.25, 0.3) is 22.6 Å². The van der Waals surface area contributed by atoms with Gasteiger partial charge in [0.2, 0.25) is 5.89 Å². The van der Waals surface area contributed by atoms with Gasteiger partial charge in [0.15, 0.2) is 5.58 Å². The van der Waals surface area contributed by atoms with E-state index in [4.69, 9.17) is 20.8 Å². The first-order valence-electron chi connectivity index (χ1n) is 9.10. The van der Waals surface area contributed by atoms with E-state index in [1.165, 1.54) is 19.4 Å². The highest BCUT2D eigenvalue weighted by atomic mass is 35.5. The van der Waals surface area contributed by atoms with Gasteiger partial charge in [-0.2, -0.15) is 0 Å². The summed E-state index contributed by atoms with van der Waals surface area (Å²) in [5, 5.41) is 23.4. The molecule has 0 spiro atoms. The number of fused-ring (bicyclic) bond motifs is 1. The zero-order chi connectivity index (χ0) is 22.1. The van der Waals surface area contributed by atoms with Gasteiger partial charge in [0.1, 0.15) is 17.0 Å². The minimum atomic E-state index is -0.776. The number of oxazole rings is 1. The lowest BCUT2D eigenvalue weighted by molar-refractivity contribution is -0.398. The Balaban J connectivity index is 1.76. The quantitative estimate of drug-likeness (QED) is 0.241. The van der Waals surface area contributed by atoms with Crippen LogP contribution in [0.4, 0.5) is 11.4 Å². The molecule has 0 N–H and O–H groups in total. The summed E-state index contributed by atoms with van der Waals surface area (Å²) in [6.07, 6.45) is 1.22. The third-order valence-corrected chi connectivity index (χ3v) is 4.79. The molecule has 3 aromatic carbocycles. The second-order valence-corrected chi connectivity index (χ2v) is 7.17. The summed E-state index contributed by atoms with van der Waals surface area (Å²) in [7, 11) is 1.49. The first kappa shape index (κ1) is 20.4. The van der Waals surface area contributed by atoms with Gasteiger partial charge < -0.3 is 14.3 Å². The number of aromatic nitrogens is 1. The topological polar surface area (TPSA) is 114 Å². The highest BCUT2D eigenvalue weighted by Gasteiger charge is 2.13. The van der Waals surface area contributed by atoms with Gasteiger partial charge in [-0.05, 0) is 60.2 Å². The van der Waals surface area contributed by atoms with Gasteiger partial charge in [0.25, 0.3) is 5.69 Å². The maximum Gasteiger partial charge on any atom is 0.263 e. The first-order chi connectivity index (χ1) is 14.9. The van der Waals surface area contributed by atoms with Crippen LogP contribution in [-0.4, -0.2) is 23.2 Å². The number of nitrogens with zero attached hydrogens (tertiary/aromatic N) is 3. The van der Waals surface area contributed by atoms with Crippen molar-refractivity contribution >= 4 is 40.3 Å². The molecule has 4 aromatic rings. The summed E-state index contributed by atoms with van der Waals surface area (Å²) >= 11 is 5.91. The van der Waals surface area contributed by atoms with Crippen LogP contribution in [0.3, 0.4) is 0 Å². The van der Waals surface area contributed by atoms with Crippen LogP contribution in [0, 0.1) is 17.0 Å². The van der Waals surface area contributed by atoms with Gasteiger partial charge in [-0.15, -0.1) is 0 Å². The normalized spacial score (nSPS) is 11.3. The van der Waals surface area contributed by atoms with Gasteiger partial charge in [0.05, 0.1) is 12.0 Å². The number of nitro groups is 1. The monoisotopic (exact) mass is 436 g/mol. The highest BCUT2D eigenvalue weighted by molar-refractivity contribution is 6.31. The van der Waals surface area contributed by atoms with Crippen molar-refractivity contribution in [2.45, 2.75) is 6.92 Å². The minimum absolute atomic E-state index is 0.0102. The van der Waals surface area contributed by atoms with E-state index in [1.807, 2.05) is 25.1 Å². The first-order valence-corrected chi connectivity index (χ1v) is 9.48. The molecule has 0 unspecified atom stereocenters. The van der Waals surface area contributed by atoms with Crippen LogP contribution < -0.4 is 9.84 Å². The van der Waals surface area contributed by atoms with Gasteiger partial charge in [0, 0.05) is 22.9 Å². The van der Waals surface area contributed by atoms with E-state index >= 15 is 0 Å². The molecule has 1 heterocycles. The van der Waals surface area contributed by atoms with Crippen molar-refractivity contribution < 1.29 is 19.2 Å². The maximum atomic E-state index is 12.3. The van der Waals surface area contributed by atoms with Crippen LogP contribution in [-0.2, 0) is 0 Å². The second kappa shape index (κ2) is 8.08. The summed E-state index contributed by atoms with van der Waals surface area (Å²) in [4.78, 5) is 19.1. The molecular weight excluding hydrogens is 422 g/mol. The van der Waals surface area contributed by atoms with E-state index in [9.17, 15) is 15.2 Å². The predicted octanol–water partition coefficient (Wildman–Crippen LogP) is 5.20. The van der Waals surface area contributed by atoms with Crippen molar-refractivity contribution in [2.75, 3.05) is 7.11 Å². The van der Waals surface area contributed by atoms with Gasteiger partial charge >= 0.3 is 0 Å². The Morgan fingerprint density at radius 2 is 2.00 bits per heavy atom. The summed E-state index contributed by atoms with van der Waals surface area (Å²) in [6.45, 7) is 1.97. The van der Waals surface area contributed by atoms with Crippen molar-refractivity contribution in [3.8, 4) is 23.0 Å². The fraction of sp³-hybridized carbons (Fsp3) is 0.0909. The maximum absolute atomic E-state index is 12.3. The Labute approximate surface area is 181 Å². The molecule has 31 heavy (non-hydrogen) atoms. The molecule has 0 saturated heterocycles. The number of aryl methyl sites for hydroxylation is 1. The largest absolute Gasteiger partial charge is 0.867 e. The van der Waals surface area contributed by atoms with Gasteiger partial charge in [-0.25, -0.2) is 4.98 Å². The van der Waals surface area contributed by atoms with Crippen molar-refractivity contribution in [1.82, 2.24) is 4.98 Å².